The molecule has 0 unspecified atom stereocenters. The van der Waals surface area contributed by atoms with Crippen molar-refractivity contribution >= 4 is 29.5 Å². The lowest BCUT2D eigenvalue weighted by molar-refractivity contribution is -0.139. The molecule has 9 heteroatoms. The molecule has 8 nitrogen and oxygen atoms in total. The molecule has 0 spiro atoms. The van der Waals surface area contributed by atoms with Crippen molar-refractivity contribution in [2.75, 3.05) is 17.7 Å². The van der Waals surface area contributed by atoms with Gasteiger partial charge in [-0.2, -0.15) is 11.8 Å². The summed E-state index contributed by atoms with van der Waals surface area (Å²) < 4.78 is 4.25. The first-order valence-electron chi connectivity index (χ1n) is 4.67. The molecule has 0 fully saturated rings. The van der Waals surface area contributed by atoms with Crippen LogP contribution >= 0.6 is 11.8 Å². The SMILES string of the molecule is CSCC[C@H](NC(=O)c1nonc1N)C(=O)O. The van der Waals surface area contributed by atoms with Crippen LogP contribution in [-0.2, 0) is 4.79 Å². The summed E-state index contributed by atoms with van der Waals surface area (Å²) in [6.45, 7) is 0. The summed E-state index contributed by atoms with van der Waals surface area (Å²) in [6.07, 6.45) is 2.16. The molecule has 1 amide bonds. The number of carbonyl (C=O) groups is 2. The monoisotopic (exact) mass is 260 g/mol. The van der Waals surface area contributed by atoms with Gasteiger partial charge in [0.05, 0.1) is 0 Å². The number of nitrogen functional groups attached to an aromatic ring is 1. The van der Waals surface area contributed by atoms with Crippen LogP contribution in [0.25, 0.3) is 0 Å². The number of aliphatic carboxylic acids is 1. The molecule has 0 saturated heterocycles. The van der Waals surface area contributed by atoms with E-state index in [-0.39, 0.29) is 11.5 Å². The average molecular weight is 260 g/mol. The lowest BCUT2D eigenvalue weighted by atomic mass is 10.2. The van der Waals surface area contributed by atoms with E-state index in [0.717, 1.165) is 0 Å². The molecule has 1 rings (SSSR count). The summed E-state index contributed by atoms with van der Waals surface area (Å²) in [5.41, 5.74) is 5.11. The number of carbonyl (C=O) groups excluding carboxylic acids is 1. The summed E-state index contributed by atoms with van der Waals surface area (Å²) in [6, 6.07) is -0.981. The molecule has 17 heavy (non-hydrogen) atoms. The fourth-order valence-electron chi connectivity index (χ4n) is 1.07. The Kier molecular flexibility index (Phi) is 4.76. The molecule has 1 heterocycles. The summed E-state index contributed by atoms with van der Waals surface area (Å²) in [7, 11) is 0. The third kappa shape index (κ3) is 3.63. The van der Waals surface area contributed by atoms with Crippen molar-refractivity contribution in [2.24, 2.45) is 0 Å². The van der Waals surface area contributed by atoms with Crippen molar-refractivity contribution in [3.63, 3.8) is 0 Å². The molecular formula is C8H12N4O4S. The number of nitrogens with zero attached hydrogens (tertiary/aromatic N) is 2. The number of carboxylic acids is 1. The molecule has 0 saturated carbocycles. The zero-order valence-electron chi connectivity index (χ0n) is 9.04. The molecule has 1 aromatic rings. The zero-order valence-corrected chi connectivity index (χ0v) is 9.86. The first-order chi connectivity index (χ1) is 8.06. The number of aromatic nitrogens is 2. The number of hydrogen-bond acceptors (Lipinski definition) is 7. The van der Waals surface area contributed by atoms with E-state index in [0.29, 0.717) is 12.2 Å². The highest BCUT2D eigenvalue weighted by Crippen LogP contribution is 2.06. The van der Waals surface area contributed by atoms with Crippen LogP contribution in [-0.4, -0.2) is 45.3 Å². The number of nitrogens with one attached hydrogen (secondary N) is 1. The van der Waals surface area contributed by atoms with Gasteiger partial charge in [-0.15, -0.1) is 0 Å². The van der Waals surface area contributed by atoms with Gasteiger partial charge in [0.25, 0.3) is 5.91 Å². The van der Waals surface area contributed by atoms with E-state index in [1.165, 1.54) is 11.8 Å². The Morgan fingerprint density at radius 1 is 1.59 bits per heavy atom. The van der Waals surface area contributed by atoms with Gasteiger partial charge in [-0.25, -0.2) is 9.42 Å². The Hall–Kier alpha value is -1.77. The van der Waals surface area contributed by atoms with Gasteiger partial charge in [-0.05, 0) is 28.7 Å². The molecule has 0 aliphatic carbocycles. The molecule has 94 valence electrons. The maximum Gasteiger partial charge on any atom is 0.326 e. The third-order valence-corrected chi connectivity index (χ3v) is 2.59. The fourth-order valence-corrected chi connectivity index (χ4v) is 1.54. The highest BCUT2D eigenvalue weighted by Gasteiger charge is 2.23. The van der Waals surface area contributed by atoms with Crippen LogP contribution in [0, 0.1) is 0 Å². The number of amides is 1. The average Bonchev–Trinajstić information content (AvgIpc) is 2.70. The van der Waals surface area contributed by atoms with Crippen LogP contribution < -0.4 is 11.1 Å². The quantitative estimate of drug-likeness (QED) is 0.628. The molecule has 4 N–H and O–H groups in total. The van der Waals surface area contributed by atoms with Gasteiger partial charge in [-0.3, -0.25) is 4.79 Å². The van der Waals surface area contributed by atoms with Gasteiger partial charge in [0, 0.05) is 0 Å². The maximum atomic E-state index is 11.6. The predicted octanol–water partition coefficient (Wildman–Crippen LogP) is -0.412. The molecular weight excluding hydrogens is 248 g/mol. The smallest absolute Gasteiger partial charge is 0.326 e. The largest absolute Gasteiger partial charge is 0.480 e. The minimum absolute atomic E-state index is 0.170. The summed E-state index contributed by atoms with van der Waals surface area (Å²) in [4.78, 5) is 22.5. The van der Waals surface area contributed by atoms with Gasteiger partial charge < -0.3 is 16.2 Å². The normalized spacial score (nSPS) is 12.1. The number of thioether (sulfide) groups is 1. The van der Waals surface area contributed by atoms with E-state index in [9.17, 15) is 9.59 Å². The van der Waals surface area contributed by atoms with Crippen molar-refractivity contribution in [1.29, 1.82) is 0 Å². The zero-order chi connectivity index (χ0) is 12.8. The predicted molar refractivity (Wildman–Crippen MR) is 60.6 cm³/mol. The van der Waals surface area contributed by atoms with Crippen LogP contribution in [0.4, 0.5) is 5.82 Å². The second-order valence-corrected chi connectivity index (χ2v) is 4.13. The van der Waals surface area contributed by atoms with E-state index in [4.69, 9.17) is 10.8 Å². The highest BCUT2D eigenvalue weighted by molar-refractivity contribution is 7.98. The van der Waals surface area contributed by atoms with Gasteiger partial charge >= 0.3 is 5.97 Å². The first-order valence-corrected chi connectivity index (χ1v) is 6.06. The van der Waals surface area contributed by atoms with Crippen molar-refractivity contribution in [3.8, 4) is 0 Å². The van der Waals surface area contributed by atoms with Crippen molar-refractivity contribution < 1.29 is 19.3 Å². The van der Waals surface area contributed by atoms with Gasteiger partial charge in [0.15, 0.2) is 0 Å². The van der Waals surface area contributed by atoms with E-state index >= 15 is 0 Å². The molecule has 0 aromatic carbocycles. The van der Waals surface area contributed by atoms with Crippen molar-refractivity contribution in [3.05, 3.63) is 5.69 Å². The third-order valence-electron chi connectivity index (χ3n) is 1.94. The number of hydrogen-bond donors (Lipinski definition) is 3. The lowest BCUT2D eigenvalue weighted by Gasteiger charge is -2.12. The van der Waals surface area contributed by atoms with Crippen LogP contribution in [0.3, 0.4) is 0 Å². The second kappa shape index (κ2) is 6.09. The minimum atomic E-state index is -1.11. The number of nitrogens with two attached hydrogens (primary N) is 1. The van der Waals surface area contributed by atoms with Crippen molar-refractivity contribution in [2.45, 2.75) is 12.5 Å². The van der Waals surface area contributed by atoms with Crippen LogP contribution in [0.5, 0.6) is 0 Å². The topological polar surface area (TPSA) is 131 Å². The van der Waals surface area contributed by atoms with E-state index in [1.807, 2.05) is 6.26 Å². The van der Waals surface area contributed by atoms with Crippen LogP contribution in [0.2, 0.25) is 0 Å². The Morgan fingerprint density at radius 2 is 2.29 bits per heavy atom. The van der Waals surface area contributed by atoms with Gasteiger partial charge in [0.1, 0.15) is 6.04 Å². The number of anilines is 1. The molecule has 0 radical (unpaired) electrons. The lowest BCUT2D eigenvalue weighted by Crippen LogP contribution is -2.41. The summed E-state index contributed by atoms with van der Waals surface area (Å²) >= 11 is 1.49. The molecule has 0 bridgehead atoms. The van der Waals surface area contributed by atoms with Crippen molar-refractivity contribution in [1.82, 2.24) is 15.6 Å². The highest BCUT2D eigenvalue weighted by atomic mass is 32.2. The number of rotatable bonds is 6. The molecule has 1 aromatic heterocycles. The summed E-state index contributed by atoms with van der Waals surface area (Å²) in [5.74, 6) is -1.37. The van der Waals surface area contributed by atoms with Gasteiger partial charge in [-0.1, -0.05) is 0 Å². The Bertz CT molecular complexity index is 408. The number of carboxylic acid groups (broad SMARTS) is 1. The minimum Gasteiger partial charge on any atom is -0.480 e. The standard InChI is InChI=1S/C8H12N4O4S/c1-17-3-2-4(8(14)15)10-7(13)5-6(9)12-16-11-5/h4H,2-3H2,1H3,(H2,9,12)(H,10,13)(H,14,15)/t4-/m0/s1. The second-order valence-electron chi connectivity index (χ2n) is 3.14. The van der Waals surface area contributed by atoms with Crippen LogP contribution in [0.1, 0.15) is 16.9 Å². The van der Waals surface area contributed by atoms with E-state index in [1.54, 1.807) is 0 Å². The van der Waals surface area contributed by atoms with E-state index in [2.05, 4.69) is 20.3 Å². The maximum absolute atomic E-state index is 11.6. The molecule has 0 aliphatic rings. The first kappa shape index (κ1) is 13.3. The Balaban J connectivity index is 2.64. The Morgan fingerprint density at radius 3 is 2.76 bits per heavy atom. The Labute approximate surface area is 101 Å². The van der Waals surface area contributed by atoms with Crippen LogP contribution in [0.15, 0.2) is 4.63 Å². The fraction of sp³-hybridized carbons (Fsp3) is 0.500. The molecule has 1 atom stereocenters. The summed E-state index contributed by atoms with van der Waals surface area (Å²) in [5, 5.41) is 17.7. The molecule has 0 aliphatic heterocycles. The van der Waals surface area contributed by atoms with E-state index < -0.39 is 17.9 Å². The van der Waals surface area contributed by atoms with Gasteiger partial charge in [0.2, 0.25) is 11.5 Å².